The van der Waals surface area contributed by atoms with Gasteiger partial charge in [-0.05, 0) is 19.8 Å². The second-order valence-corrected chi connectivity index (χ2v) is 6.15. The fraction of sp³-hybridized carbons (Fsp3) is 0.786. The van der Waals surface area contributed by atoms with Crippen molar-refractivity contribution in [2.75, 3.05) is 6.61 Å². The van der Waals surface area contributed by atoms with E-state index in [2.05, 4.69) is 11.3 Å². The van der Waals surface area contributed by atoms with Crippen molar-refractivity contribution in [1.82, 2.24) is 0 Å². The molecular weight excluding hydrogens is 327 g/mol. The molecule has 1 saturated carbocycles. The normalized spacial score (nSPS) is 36.0. The van der Waals surface area contributed by atoms with Crippen LogP contribution in [0.2, 0.25) is 0 Å². The molecule has 0 bridgehead atoms. The van der Waals surface area contributed by atoms with Crippen LogP contribution in [0.25, 0.3) is 0 Å². The van der Waals surface area contributed by atoms with Crippen LogP contribution in [-0.4, -0.2) is 41.2 Å². The number of ether oxygens (including phenoxy) is 2. The van der Waals surface area contributed by atoms with E-state index in [1.807, 2.05) is 0 Å². The fourth-order valence-electron chi connectivity index (χ4n) is 3.48. The molecule has 0 aromatic rings. The number of carbonyl (C=O) groups excluding carboxylic acids is 1. The molecular formula is C14H17F5O4. The van der Waals surface area contributed by atoms with Crippen molar-refractivity contribution in [2.45, 2.75) is 56.1 Å². The molecule has 2 aliphatic rings. The molecule has 2 unspecified atom stereocenters. The summed E-state index contributed by atoms with van der Waals surface area (Å²) in [6.07, 6.45) is -4.03. The van der Waals surface area contributed by atoms with Crippen LogP contribution in [0.1, 0.15) is 32.6 Å². The van der Waals surface area contributed by atoms with Crippen molar-refractivity contribution in [3.8, 4) is 0 Å². The molecule has 1 heterocycles. The van der Waals surface area contributed by atoms with Crippen LogP contribution in [-0.2, 0) is 14.3 Å². The highest BCUT2D eigenvalue weighted by molar-refractivity contribution is 5.81. The summed E-state index contributed by atoms with van der Waals surface area (Å²) in [6, 6.07) is 0. The summed E-state index contributed by atoms with van der Waals surface area (Å²) in [4.78, 5) is 11.5. The van der Waals surface area contributed by atoms with Gasteiger partial charge in [0.15, 0.2) is 5.60 Å². The van der Waals surface area contributed by atoms with Gasteiger partial charge in [-0.3, -0.25) is 0 Å². The number of esters is 1. The number of aliphatic hydroxyl groups is 1. The highest BCUT2D eigenvalue weighted by Gasteiger charge is 2.84. The lowest BCUT2D eigenvalue weighted by atomic mass is 9.64. The predicted molar refractivity (Wildman–Crippen MR) is 67.5 cm³/mol. The molecule has 1 saturated heterocycles. The first-order valence-corrected chi connectivity index (χ1v) is 7.03. The lowest BCUT2D eigenvalue weighted by molar-refractivity contribution is -0.488. The number of hydrogen-bond donors (Lipinski definition) is 1. The largest absolute Gasteiger partial charge is 0.449 e. The minimum absolute atomic E-state index is 0.0947. The van der Waals surface area contributed by atoms with Crippen LogP contribution in [0.15, 0.2) is 12.7 Å². The third-order valence-electron chi connectivity index (χ3n) is 5.01. The van der Waals surface area contributed by atoms with Crippen molar-refractivity contribution in [3.63, 3.8) is 0 Å². The maximum Gasteiger partial charge on any atom is 0.449 e. The summed E-state index contributed by atoms with van der Waals surface area (Å²) in [5.74, 6) is -10.9. The minimum Gasteiger partial charge on any atom is -0.449 e. The summed E-state index contributed by atoms with van der Waals surface area (Å²) in [7, 11) is 0. The van der Waals surface area contributed by atoms with Gasteiger partial charge in [0, 0.05) is 11.5 Å². The molecule has 9 heteroatoms. The monoisotopic (exact) mass is 344 g/mol. The van der Waals surface area contributed by atoms with Crippen LogP contribution >= 0.6 is 0 Å². The molecule has 4 nitrogen and oxygen atoms in total. The molecule has 0 amide bonds. The predicted octanol–water partition coefficient (Wildman–Crippen LogP) is 2.95. The van der Waals surface area contributed by atoms with Gasteiger partial charge in [-0.25, -0.2) is 4.79 Å². The van der Waals surface area contributed by atoms with E-state index in [4.69, 9.17) is 4.74 Å². The van der Waals surface area contributed by atoms with Crippen molar-refractivity contribution in [3.05, 3.63) is 12.7 Å². The van der Waals surface area contributed by atoms with Gasteiger partial charge in [-0.15, -0.1) is 0 Å². The molecule has 1 aliphatic carbocycles. The van der Waals surface area contributed by atoms with Gasteiger partial charge in [0.1, 0.15) is 0 Å². The molecule has 2 atom stereocenters. The van der Waals surface area contributed by atoms with Gasteiger partial charge >= 0.3 is 23.9 Å². The Hall–Kier alpha value is -1.22. The number of hydrogen-bond acceptors (Lipinski definition) is 4. The molecule has 0 radical (unpaired) electrons. The van der Waals surface area contributed by atoms with Crippen LogP contribution in [0.5, 0.6) is 0 Å². The number of halogens is 5. The summed E-state index contributed by atoms with van der Waals surface area (Å²) in [6.45, 7) is 3.00. The SMILES string of the molecule is C=CC(=O)OC1(C)C2(CCCC2)COC(O)(C(F)(F)F)C1(F)F. The first-order chi connectivity index (χ1) is 10.4. The van der Waals surface area contributed by atoms with Crippen LogP contribution < -0.4 is 0 Å². The van der Waals surface area contributed by atoms with E-state index in [0.29, 0.717) is 18.9 Å². The molecule has 132 valence electrons. The zero-order valence-corrected chi connectivity index (χ0v) is 12.4. The third-order valence-corrected chi connectivity index (χ3v) is 5.01. The lowest BCUT2D eigenvalue weighted by Gasteiger charge is -2.57. The van der Waals surface area contributed by atoms with Gasteiger partial charge < -0.3 is 14.6 Å². The summed E-state index contributed by atoms with van der Waals surface area (Å²) in [5.41, 5.74) is -4.39. The summed E-state index contributed by atoms with van der Waals surface area (Å²) >= 11 is 0. The zero-order valence-electron chi connectivity index (χ0n) is 12.4. The first kappa shape index (κ1) is 18.1. The molecule has 2 rings (SSSR count). The van der Waals surface area contributed by atoms with Gasteiger partial charge in [-0.1, -0.05) is 19.4 Å². The Morgan fingerprint density at radius 2 is 1.83 bits per heavy atom. The quantitative estimate of drug-likeness (QED) is 0.475. The van der Waals surface area contributed by atoms with Crippen molar-refractivity contribution < 1.29 is 41.3 Å². The van der Waals surface area contributed by atoms with E-state index < -0.39 is 41.5 Å². The van der Waals surface area contributed by atoms with Crippen LogP contribution in [0.4, 0.5) is 22.0 Å². The Morgan fingerprint density at radius 3 is 2.26 bits per heavy atom. The molecule has 1 aliphatic heterocycles. The molecule has 0 aromatic carbocycles. The van der Waals surface area contributed by atoms with Crippen molar-refractivity contribution in [2.24, 2.45) is 5.41 Å². The average Bonchev–Trinajstić information content (AvgIpc) is 2.91. The van der Waals surface area contributed by atoms with Gasteiger partial charge in [-0.2, -0.15) is 22.0 Å². The van der Waals surface area contributed by atoms with E-state index in [1.54, 1.807) is 0 Å². The summed E-state index contributed by atoms with van der Waals surface area (Å²) < 4.78 is 77.7. The number of rotatable bonds is 2. The second kappa shape index (κ2) is 5.14. The topological polar surface area (TPSA) is 55.8 Å². The Balaban J connectivity index is 2.60. The summed E-state index contributed by atoms with van der Waals surface area (Å²) in [5, 5.41) is 9.59. The molecule has 0 aromatic heterocycles. The number of alkyl halides is 5. The minimum atomic E-state index is -5.77. The number of carbonyl (C=O) groups is 1. The molecule has 1 spiro atoms. The van der Waals surface area contributed by atoms with E-state index in [-0.39, 0.29) is 12.8 Å². The van der Waals surface area contributed by atoms with E-state index in [9.17, 15) is 31.9 Å². The Kier molecular flexibility index (Phi) is 4.05. The lowest BCUT2D eigenvalue weighted by Crippen LogP contribution is -2.78. The van der Waals surface area contributed by atoms with Gasteiger partial charge in [0.2, 0.25) is 0 Å². The van der Waals surface area contributed by atoms with Gasteiger partial charge in [0.25, 0.3) is 0 Å². The highest BCUT2D eigenvalue weighted by atomic mass is 19.4. The molecule has 2 fully saturated rings. The molecule has 1 N–H and O–H groups in total. The fourth-order valence-corrected chi connectivity index (χ4v) is 3.48. The van der Waals surface area contributed by atoms with E-state index in [1.165, 1.54) is 0 Å². The van der Waals surface area contributed by atoms with E-state index in [0.717, 1.165) is 6.92 Å². The zero-order chi connectivity index (χ0) is 17.7. The maximum atomic E-state index is 14.8. The first-order valence-electron chi connectivity index (χ1n) is 7.03. The third kappa shape index (κ3) is 2.20. The standard InChI is InChI=1S/C14H17F5O4/c1-3-9(20)23-10(2)11(6-4-5-7-11)8-22-13(21,12(10,15)16)14(17,18)19/h3,21H,1,4-8H2,2H3. The smallest absolute Gasteiger partial charge is 0.449 e. The Bertz CT molecular complexity index is 512. The molecule has 23 heavy (non-hydrogen) atoms. The average molecular weight is 344 g/mol. The van der Waals surface area contributed by atoms with Crippen LogP contribution in [0, 0.1) is 5.41 Å². The Labute approximate surface area is 129 Å². The van der Waals surface area contributed by atoms with Crippen molar-refractivity contribution in [1.29, 1.82) is 0 Å². The Morgan fingerprint density at radius 1 is 1.30 bits per heavy atom. The maximum absolute atomic E-state index is 14.8. The van der Waals surface area contributed by atoms with Crippen molar-refractivity contribution >= 4 is 5.97 Å². The van der Waals surface area contributed by atoms with Gasteiger partial charge in [0.05, 0.1) is 6.61 Å². The highest BCUT2D eigenvalue weighted by Crippen LogP contribution is 2.63. The van der Waals surface area contributed by atoms with E-state index >= 15 is 0 Å². The van der Waals surface area contributed by atoms with Crippen LogP contribution in [0.3, 0.4) is 0 Å². The second-order valence-electron chi connectivity index (χ2n) is 6.15.